The van der Waals surface area contributed by atoms with E-state index in [4.69, 9.17) is 4.74 Å². The lowest BCUT2D eigenvalue weighted by Gasteiger charge is -2.41. The second-order valence-electron chi connectivity index (χ2n) is 7.17. The molecule has 132 valence electrons. The standard InChI is InChI=1S/C17H23BrFN3O2/c1-16(2,3)24-15(23)20-14-21-17(4,8-9-22(14)5)12-10-11(18)6-7-13(12)19/h6-7,10H,8-9H2,1-5H3,(H,20,21,23)/t17-/m0/s1. The Labute approximate surface area is 150 Å². The maximum atomic E-state index is 14.3. The van der Waals surface area contributed by atoms with Crippen LogP contribution < -0.4 is 5.32 Å². The van der Waals surface area contributed by atoms with Crippen LogP contribution in [0.4, 0.5) is 9.18 Å². The van der Waals surface area contributed by atoms with Gasteiger partial charge < -0.3 is 15.0 Å². The third-order valence-corrected chi connectivity index (χ3v) is 4.30. The summed E-state index contributed by atoms with van der Waals surface area (Å²) in [6.07, 6.45) is 0.000303. The molecule has 1 heterocycles. The largest absolute Gasteiger partial charge is 0.442 e. The molecule has 5 nitrogen and oxygen atoms in total. The summed E-state index contributed by atoms with van der Waals surface area (Å²) in [5.41, 5.74) is -0.753. The lowest BCUT2D eigenvalue weighted by molar-refractivity contribution is 0.0599. The SMILES string of the molecule is CN1CC[C@@](C)(c2cc(Br)ccc2F)N/C1=N\C(=O)OC(C)(C)C. The molecular formula is C17H23BrFN3O2. The number of aliphatic imine (C=N–C) groups is 1. The van der Waals surface area contributed by atoms with Gasteiger partial charge in [-0.2, -0.15) is 0 Å². The van der Waals surface area contributed by atoms with E-state index in [1.54, 1.807) is 32.9 Å². The Morgan fingerprint density at radius 2 is 2.12 bits per heavy atom. The number of hydrogen-bond acceptors (Lipinski definition) is 2. The van der Waals surface area contributed by atoms with Crippen molar-refractivity contribution in [3.05, 3.63) is 34.1 Å². The number of rotatable bonds is 1. The number of amides is 1. The monoisotopic (exact) mass is 399 g/mol. The van der Waals surface area contributed by atoms with Gasteiger partial charge in [-0.3, -0.25) is 0 Å². The quantitative estimate of drug-likeness (QED) is 0.774. The molecule has 1 aliphatic rings. The first-order chi connectivity index (χ1) is 11.0. The minimum atomic E-state index is -0.671. The smallest absolute Gasteiger partial charge is 0.437 e. The van der Waals surface area contributed by atoms with Crippen molar-refractivity contribution < 1.29 is 13.9 Å². The molecular weight excluding hydrogens is 377 g/mol. The second-order valence-corrected chi connectivity index (χ2v) is 8.08. The molecule has 0 unspecified atom stereocenters. The van der Waals surface area contributed by atoms with Gasteiger partial charge in [-0.05, 0) is 52.3 Å². The van der Waals surface area contributed by atoms with Gasteiger partial charge in [-0.1, -0.05) is 15.9 Å². The molecule has 1 aromatic rings. The molecule has 1 amide bonds. The van der Waals surface area contributed by atoms with E-state index in [-0.39, 0.29) is 5.82 Å². The van der Waals surface area contributed by atoms with Crippen LogP contribution in [0.25, 0.3) is 0 Å². The molecule has 1 saturated heterocycles. The maximum absolute atomic E-state index is 14.3. The number of nitrogens with one attached hydrogen (secondary N) is 1. The van der Waals surface area contributed by atoms with Gasteiger partial charge in [0.05, 0.1) is 5.54 Å². The minimum Gasteiger partial charge on any atom is -0.442 e. The molecule has 0 bridgehead atoms. The number of carbonyl (C=O) groups is 1. The van der Waals surface area contributed by atoms with Crippen LogP contribution in [-0.2, 0) is 10.3 Å². The molecule has 0 radical (unpaired) electrons. The minimum absolute atomic E-state index is 0.297. The van der Waals surface area contributed by atoms with Crippen molar-refractivity contribution in [2.45, 2.75) is 45.3 Å². The molecule has 1 atom stereocenters. The Balaban J connectivity index is 2.29. The highest BCUT2D eigenvalue weighted by Gasteiger charge is 2.36. The van der Waals surface area contributed by atoms with E-state index in [1.165, 1.54) is 6.07 Å². The van der Waals surface area contributed by atoms with Crippen molar-refractivity contribution in [1.82, 2.24) is 10.2 Å². The van der Waals surface area contributed by atoms with Crippen LogP contribution in [0.1, 0.15) is 39.7 Å². The summed E-state index contributed by atoms with van der Waals surface area (Å²) in [5.74, 6) is 0.0757. The molecule has 1 aromatic carbocycles. The zero-order chi connectivity index (χ0) is 18.1. The molecule has 0 spiro atoms. The summed E-state index contributed by atoms with van der Waals surface area (Å²) < 4.78 is 20.3. The Kier molecular flexibility index (Phi) is 5.22. The molecule has 0 aromatic heterocycles. The molecule has 2 rings (SSSR count). The first-order valence-corrected chi connectivity index (χ1v) is 8.56. The number of halogens is 2. The van der Waals surface area contributed by atoms with Gasteiger partial charge in [0, 0.05) is 23.6 Å². The second kappa shape index (κ2) is 6.70. The third kappa shape index (κ3) is 4.47. The zero-order valence-electron chi connectivity index (χ0n) is 14.6. The molecule has 1 aliphatic heterocycles. The Hall–Kier alpha value is -1.63. The molecule has 1 fully saturated rings. The summed E-state index contributed by atoms with van der Waals surface area (Å²) >= 11 is 3.38. The van der Waals surface area contributed by atoms with Crippen LogP contribution >= 0.6 is 15.9 Å². The van der Waals surface area contributed by atoms with Crippen LogP contribution in [0.5, 0.6) is 0 Å². The van der Waals surface area contributed by atoms with Crippen molar-refractivity contribution in [1.29, 1.82) is 0 Å². The van der Waals surface area contributed by atoms with Gasteiger partial charge in [0.2, 0.25) is 5.96 Å². The average Bonchev–Trinajstić information content (AvgIpc) is 2.43. The highest BCUT2D eigenvalue weighted by atomic mass is 79.9. The van der Waals surface area contributed by atoms with Crippen LogP contribution in [0.3, 0.4) is 0 Å². The molecule has 7 heteroatoms. The fourth-order valence-corrected chi connectivity index (χ4v) is 2.87. The summed E-state index contributed by atoms with van der Waals surface area (Å²) in [6, 6.07) is 4.83. The molecule has 1 N–H and O–H groups in total. The Bertz CT molecular complexity index is 672. The van der Waals surface area contributed by atoms with E-state index < -0.39 is 17.2 Å². The van der Waals surface area contributed by atoms with Gasteiger partial charge in [-0.15, -0.1) is 4.99 Å². The van der Waals surface area contributed by atoms with Crippen molar-refractivity contribution in [2.24, 2.45) is 4.99 Å². The molecule has 0 aliphatic carbocycles. The summed E-state index contributed by atoms with van der Waals surface area (Å²) in [5, 5.41) is 3.19. The number of carbonyl (C=O) groups excluding carboxylic acids is 1. The normalized spacial score (nSPS) is 23.1. The topological polar surface area (TPSA) is 53.9 Å². The van der Waals surface area contributed by atoms with Gasteiger partial charge in [0.15, 0.2) is 0 Å². The fraction of sp³-hybridized carbons (Fsp3) is 0.529. The van der Waals surface area contributed by atoms with E-state index in [9.17, 15) is 9.18 Å². The summed E-state index contributed by atoms with van der Waals surface area (Å²) in [7, 11) is 1.83. The fourth-order valence-electron chi connectivity index (χ4n) is 2.51. The van der Waals surface area contributed by atoms with Crippen LogP contribution in [0.2, 0.25) is 0 Å². The van der Waals surface area contributed by atoms with Gasteiger partial charge >= 0.3 is 6.09 Å². The zero-order valence-corrected chi connectivity index (χ0v) is 16.2. The highest BCUT2D eigenvalue weighted by molar-refractivity contribution is 9.10. The van der Waals surface area contributed by atoms with E-state index in [2.05, 4.69) is 26.2 Å². The number of guanidine groups is 1. The van der Waals surface area contributed by atoms with Gasteiger partial charge in [0.1, 0.15) is 11.4 Å². The van der Waals surface area contributed by atoms with Crippen LogP contribution in [0.15, 0.2) is 27.7 Å². The first-order valence-electron chi connectivity index (χ1n) is 7.77. The van der Waals surface area contributed by atoms with Crippen molar-refractivity contribution in [2.75, 3.05) is 13.6 Å². The lowest BCUT2D eigenvalue weighted by atomic mass is 9.86. The van der Waals surface area contributed by atoms with E-state index in [1.807, 2.05) is 18.9 Å². The predicted octanol–water partition coefficient (Wildman–Crippen LogP) is 4.02. The van der Waals surface area contributed by atoms with E-state index in [0.29, 0.717) is 24.5 Å². The maximum Gasteiger partial charge on any atom is 0.437 e. The number of nitrogens with zero attached hydrogens (tertiary/aromatic N) is 2. The van der Waals surface area contributed by atoms with E-state index >= 15 is 0 Å². The van der Waals surface area contributed by atoms with Gasteiger partial charge in [0.25, 0.3) is 0 Å². The number of hydrogen-bond donors (Lipinski definition) is 1. The van der Waals surface area contributed by atoms with Crippen molar-refractivity contribution in [3.8, 4) is 0 Å². The highest BCUT2D eigenvalue weighted by Crippen LogP contribution is 2.32. The number of benzene rings is 1. The number of ether oxygens (including phenoxy) is 1. The molecule has 0 saturated carbocycles. The van der Waals surface area contributed by atoms with Crippen molar-refractivity contribution in [3.63, 3.8) is 0 Å². The van der Waals surface area contributed by atoms with Gasteiger partial charge in [-0.25, -0.2) is 9.18 Å². The van der Waals surface area contributed by atoms with Crippen LogP contribution in [0, 0.1) is 5.82 Å². The summed E-state index contributed by atoms with van der Waals surface area (Å²) in [4.78, 5) is 17.8. The Morgan fingerprint density at radius 1 is 1.46 bits per heavy atom. The average molecular weight is 400 g/mol. The van der Waals surface area contributed by atoms with E-state index in [0.717, 1.165) is 4.47 Å². The summed E-state index contributed by atoms with van der Waals surface area (Å²) in [6.45, 7) is 7.88. The predicted molar refractivity (Wildman–Crippen MR) is 95.5 cm³/mol. The molecule has 24 heavy (non-hydrogen) atoms. The van der Waals surface area contributed by atoms with Crippen molar-refractivity contribution >= 4 is 28.0 Å². The first kappa shape index (κ1) is 18.7. The Morgan fingerprint density at radius 3 is 2.75 bits per heavy atom. The lowest BCUT2D eigenvalue weighted by Crippen LogP contribution is -2.56. The third-order valence-electron chi connectivity index (χ3n) is 3.81. The van der Waals surface area contributed by atoms with Crippen LogP contribution in [-0.4, -0.2) is 36.1 Å².